The number of anilines is 1. The van der Waals surface area contributed by atoms with Gasteiger partial charge in [0.15, 0.2) is 5.58 Å². The Hall–Kier alpha value is -1.87. The predicted octanol–water partition coefficient (Wildman–Crippen LogP) is 4.40. The van der Waals surface area contributed by atoms with Crippen LogP contribution in [0.5, 0.6) is 0 Å². The number of carbonyl (C=O) groups is 1. The topological polar surface area (TPSA) is 88.9 Å². The highest BCUT2D eigenvalue weighted by Gasteiger charge is 2.44. The number of halogens is 1. The minimum absolute atomic E-state index is 0.198. The first-order chi connectivity index (χ1) is 15.6. The van der Waals surface area contributed by atoms with Gasteiger partial charge >= 0.3 is 6.03 Å². The van der Waals surface area contributed by atoms with Gasteiger partial charge in [0, 0.05) is 25.8 Å². The molecule has 0 radical (unpaired) electrons. The fourth-order valence-electron chi connectivity index (χ4n) is 5.40. The molecule has 2 N–H and O–H groups in total. The molecule has 1 aromatic carbocycles. The van der Waals surface area contributed by atoms with E-state index in [0.29, 0.717) is 36.4 Å². The van der Waals surface area contributed by atoms with Crippen LogP contribution in [0.2, 0.25) is 5.02 Å². The van der Waals surface area contributed by atoms with E-state index in [1.807, 2.05) is 0 Å². The maximum atomic E-state index is 12.4. The van der Waals surface area contributed by atoms with Crippen LogP contribution in [0, 0.1) is 0 Å². The molecule has 3 aliphatic rings. The van der Waals surface area contributed by atoms with Gasteiger partial charge in [0.25, 0.3) is 0 Å². The van der Waals surface area contributed by atoms with Gasteiger partial charge in [0.1, 0.15) is 5.52 Å². The first kappa shape index (κ1) is 21.9. The molecule has 2 amide bonds. The van der Waals surface area contributed by atoms with Crippen molar-refractivity contribution < 1.29 is 18.7 Å². The molecule has 9 heteroatoms. The molecule has 8 nitrogen and oxygen atoms in total. The zero-order valence-corrected chi connectivity index (χ0v) is 19.3. The SMILES string of the molecule is COCCOC1CCN(Cc2nc3cc(Cl)c4c(c3o2)C2(CCCCC2)NC(=O)N4)CC1. The van der Waals surface area contributed by atoms with Crippen molar-refractivity contribution in [1.82, 2.24) is 15.2 Å². The number of nitrogens with zero attached hydrogens (tertiary/aromatic N) is 2. The van der Waals surface area contributed by atoms with E-state index >= 15 is 0 Å². The highest BCUT2D eigenvalue weighted by atomic mass is 35.5. The second-order valence-corrected chi connectivity index (χ2v) is 9.53. The Morgan fingerprint density at radius 3 is 2.78 bits per heavy atom. The standard InChI is InChI=1S/C23H31ClN4O4/c1-30-11-12-31-15-5-9-28(10-6-15)14-18-25-17-13-16(24)20-19(21(17)32-18)23(27-22(29)26-20)7-3-2-4-8-23/h13,15H,2-12,14H2,1H3,(H2,26,27,29). The summed E-state index contributed by atoms with van der Waals surface area (Å²) in [5, 5.41) is 6.61. The zero-order chi connectivity index (χ0) is 22.1. The number of urea groups is 1. The van der Waals surface area contributed by atoms with Crippen LogP contribution in [0.15, 0.2) is 10.5 Å². The van der Waals surface area contributed by atoms with Gasteiger partial charge in [-0.1, -0.05) is 30.9 Å². The molecule has 1 saturated carbocycles. The van der Waals surface area contributed by atoms with Crippen LogP contribution >= 0.6 is 11.6 Å². The summed E-state index contributed by atoms with van der Waals surface area (Å²) in [6.45, 7) is 3.81. The lowest BCUT2D eigenvalue weighted by atomic mass is 9.74. The number of benzene rings is 1. The van der Waals surface area contributed by atoms with E-state index in [1.165, 1.54) is 6.42 Å². The van der Waals surface area contributed by atoms with E-state index in [-0.39, 0.29) is 12.1 Å². The molecule has 0 atom stereocenters. The molecule has 1 spiro atoms. The molecule has 5 rings (SSSR count). The van der Waals surface area contributed by atoms with Crippen molar-refractivity contribution in [2.24, 2.45) is 0 Å². The quantitative estimate of drug-likeness (QED) is 0.618. The molecule has 1 aromatic heterocycles. The average molecular weight is 463 g/mol. The molecule has 1 aliphatic carbocycles. The van der Waals surface area contributed by atoms with Gasteiger partial charge in [0.05, 0.1) is 42.1 Å². The van der Waals surface area contributed by atoms with Crippen LogP contribution in [-0.4, -0.2) is 55.4 Å². The Balaban J connectivity index is 1.37. The lowest BCUT2D eigenvalue weighted by molar-refractivity contribution is -0.0167. The molecule has 174 valence electrons. The molecule has 2 aromatic rings. The fraction of sp³-hybridized carbons (Fsp3) is 0.652. The van der Waals surface area contributed by atoms with Gasteiger partial charge in [-0.15, -0.1) is 0 Å². The minimum Gasteiger partial charge on any atom is -0.439 e. The summed E-state index contributed by atoms with van der Waals surface area (Å²) in [6.07, 6.45) is 7.35. The second-order valence-electron chi connectivity index (χ2n) is 9.13. The Kier molecular flexibility index (Phi) is 6.29. The Bertz CT molecular complexity index is 980. The summed E-state index contributed by atoms with van der Waals surface area (Å²) in [5.41, 5.74) is 2.69. The van der Waals surface area contributed by atoms with Crippen LogP contribution in [-0.2, 0) is 21.6 Å². The highest BCUT2D eigenvalue weighted by Crippen LogP contribution is 2.48. The molecule has 32 heavy (non-hydrogen) atoms. The molecule has 2 aliphatic heterocycles. The lowest BCUT2D eigenvalue weighted by Crippen LogP contribution is -2.52. The third-order valence-electron chi connectivity index (χ3n) is 6.99. The van der Waals surface area contributed by atoms with Crippen LogP contribution in [0.3, 0.4) is 0 Å². The van der Waals surface area contributed by atoms with E-state index in [0.717, 1.165) is 68.3 Å². The number of ether oxygens (including phenoxy) is 2. The van der Waals surface area contributed by atoms with E-state index in [9.17, 15) is 4.79 Å². The normalized spacial score (nSPS) is 21.5. The smallest absolute Gasteiger partial charge is 0.319 e. The van der Waals surface area contributed by atoms with E-state index in [1.54, 1.807) is 13.2 Å². The number of methoxy groups -OCH3 is 1. The average Bonchev–Trinajstić information content (AvgIpc) is 3.17. The Morgan fingerprint density at radius 1 is 1.25 bits per heavy atom. The summed E-state index contributed by atoms with van der Waals surface area (Å²) < 4.78 is 17.3. The summed E-state index contributed by atoms with van der Waals surface area (Å²) in [4.78, 5) is 19.5. The van der Waals surface area contributed by atoms with Crippen molar-refractivity contribution >= 4 is 34.4 Å². The van der Waals surface area contributed by atoms with E-state index < -0.39 is 5.54 Å². The monoisotopic (exact) mass is 462 g/mol. The number of hydrogen-bond acceptors (Lipinski definition) is 6. The highest BCUT2D eigenvalue weighted by molar-refractivity contribution is 6.35. The van der Waals surface area contributed by atoms with Gasteiger partial charge in [-0.2, -0.15) is 0 Å². The van der Waals surface area contributed by atoms with Crippen molar-refractivity contribution in [2.45, 2.75) is 63.1 Å². The molecule has 1 saturated heterocycles. The molecular formula is C23H31ClN4O4. The van der Waals surface area contributed by atoms with E-state index in [4.69, 9.17) is 30.5 Å². The van der Waals surface area contributed by atoms with Crippen molar-refractivity contribution in [1.29, 1.82) is 0 Å². The zero-order valence-electron chi connectivity index (χ0n) is 18.5. The third kappa shape index (κ3) is 4.21. The minimum atomic E-state index is -0.437. The van der Waals surface area contributed by atoms with Crippen molar-refractivity contribution in [3.05, 3.63) is 22.5 Å². The number of likely N-dealkylation sites (tertiary alicyclic amines) is 1. The van der Waals surface area contributed by atoms with Crippen molar-refractivity contribution in [3.63, 3.8) is 0 Å². The van der Waals surface area contributed by atoms with Gasteiger partial charge in [-0.25, -0.2) is 9.78 Å². The van der Waals surface area contributed by atoms with E-state index in [2.05, 4.69) is 15.5 Å². The number of aromatic nitrogens is 1. The maximum Gasteiger partial charge on any atom is 0.319 e. The number of amides is 2. The number of rotatable bonds is 6. The number of fused-ring (bicyclic) bond motifs is 4. The molecule has 0 bridgehead atoms. The van der Waals surface area contributed by atoms with Crippen molar-refractivity contribution in [3.8, 4) is 0 Å². The van der Waals surface area contributed by atoms with Gasteiger partial charge in [0.2, 0.25) is 5.89 Å². The van der Waals surface area contributed by atoms with Gasteiger partial charge in [-0.3, -0.25) is 4.90 Å². The number of hydrogen-bond donors (Lipinski definition) is 2. The van der Waals surface area contributed by atoms with Crippen LogP contribution in [0.1, 0.15) is 56.4 Å². The lowest BCUT2D eigenvalue weighted by Gasteiger charge is -2.42. The summed E-state index contributed by atoms with van der Waals surface area (Å²) in [7, 11) is 1.69. The number of piperidine rings is 1. The summed E-state index contributed by atoms with van der Waals surface area (Å²) >= 11 is 6.60. The van der Waals surface area contributed by atoms with Gasteiger partial charge < -0.3 is 24.5 Å². The Labute approximate surface area is 193 Å². The van der Waals surface area contributed by atoms with Crippen LogP contribution < -0.4 is 10.6 Å². The second kappa shape index (κ2) is 9.17. The summed E-state index contributed by atoms with van der Waals surface area (Å²) in [6, 6.07) is 1.61. The third-order valence-corrected chi connectivity index (χ3v) is 7.29. The first-order valence-electron chi connectivity index (χ1n) is 11.6. The van der Waals surface area contributed by atoms with Crippen LogP contribution in [0.25, 0.3) is 11.1 Å². The predicted molar refractivity (Wildman–Crippen MR) is 122 cm³/mol. The largest absolute Gasteiger partial charge is 0.439 e. The first-order valence-corrected chi connectivity index (χ1v) is 12.0. The molecule has 3 heterocycles. The van der Waals surface area contributed by atoms with Crippen molar-refractivity contribution in [2.75, 3.05) is 38.7 Å². The summed E-state index contributed by atoms with van der Waals surface area (Å²) in [5.74, 6) is 0.686. The van der Waals surface area contributed by atoms with Gasteiger partial charge in [-0.05, 0) is 31.7 Å². The van der Waals surface area contributed by atoms with Crippen LogP contribution in [0.4, 0.5) is 10.5 Å². The number of oxazole rings is 1. The molecular weight excluding hydrogens is 432 g/mol. The molecule has 0 unspecified atom stereocenters. The number of carbonyl (C=O) groups excluding carboxylic acids is 1. The molecule has 2 fully saturated rings. The maximum absolute atomic E-state index is 12.4. The Morgan fingerprint density at radius 2 is 2.03 bits per heavy atom. The number of nitrogens with one attached hydrogen (secondary N) is 2. The fourth-order valence-corrected chi connectivity index (χ4v) is 5.65.